The molecule has 0 saturated heterocycles. The molecule has 0 radical (unpaired) electrons. The van der Waals surface area contributed by atoms with Crippen LogP contribution >= 0.6 is 0 Å². The number of carbonyl (C=O) groups is 2. The molecule has 1 amide bonds. The molecule has 0 fully saturated rings. The third kappa shape index (κ3) is 3.47. The second-order valence-electron chi connectivity index (χ2n) is 5.21. The van der Waals surface area contributed by atoms with Crippen molar-refractivity contribution in [3.05, 3.63) is 46.5 Å². The first-order chi connectivity index (χ1) is 9.45. The third-order valence-electron chi connectivity index (χ3n) is 3.38. The molecule has 1 aromatic rings. The van der Waals surface area contributed by atoms with E-state index < -0.39 is 0 Å². The summed E-state index contributed by atoms with van der Waals surface area (Å²) in [4.78, 5) is 22.6. The monoisotopic (exact) mass is 273 g/mol. The Kier molecular flexibility index (Phi) is 4.23. The van der Waals surface area contributed by atoms with Crippen LogP contribution in [0.4, 0.5) is 0 Å². The number of rotatable bonds is 3. The molecular formula is C16H19NO3. The molecule has 4 nitrogen and oxygen atoms in total. The average Bonchev–Trinajstić information content (AvgIpc) is 2.35. The predicted molar refractivity (Wildman–Crippen MR) is 76.1 cm³/mol. The third-order valence-corrected chi connectivity index (χ3v) is 3.38. The number of nitrogens with one attached hydrogen (secondary N) is 1. The molecular weight excluding hydrogens is 254 g/mol. The van der Waals surface area contributed by atoms with Gasteiger partial charge in [-0.3, -0.25) is 9.59 Å². The van der Waals surface area contributed by atoms with E-state index >= 15 is 0 Å². The van der Waals surface area contributed by atoms with Gasteiger partial charge in [0.25, 0.3) is 0 Å². The van der Waals surface area contributed by atoms with Crippen LogP contribution in [0.25, 0.3) is 0 Å². The Morgan fingerprint density at radius 2 is 2.15 bits per heavy atom. The van der Waals surface area contributed by atoms with Crippen molar-refractivity contribution in [3.8, 4) is 0 Å². The number of benzene rings is 1. The van der Waals surface area contributed by atoms with Crippen LogP contribution in [-0.4, -0.2) is 18.5 Å². The summed E-state index contributed by atoms with van der Waals surface area (Å²) in [5, 5.41) is 2.95. The zero-order valence-corrected chi connectivity index (χ0v) is 12.0. The van der Waals surface area contributed by atoms with Crippen molar-refractivity contribution < 1.29 is 14.3 Å². The largest absolute Gasteiger partial charge is 0.461 e. The first-order valence-corrected chi connectivity index (χ1v) is 6.66. The molecule has 1 aliphatic rings. The summed E-state index contributed by atoms with van der Waals surface area (Å²) >= 11 is 0. The summed E-state index contributed by atoms with van der Waals surface area (Å²) in [5.41, 5.74) is 4.31. The van der Waals surface area contributed by atoms with Gasteiger partial charge in [0.1, 0.15) is 6.61 Å². The normalized spacial score (nSPS) is 18.2. The van der Waals surface area contributed by atoms with Crippen molar-refractivity contribution in [2.45, 2.75) is 33.2 Å². The van der Waals surface area contributed by atoms with E-state index in [0.717, 1.165) is 16.7 Å². The van der Waals surface area contributed by atoms with Gasteiger partial charge in [-0.05, 0) is 37.0 Å². The number of esters is 1. The van der Waals surface area contributed by atoms with Crippen LogP contribution in [0.2, 0.25) is 0 Å². The first kappa shape index (κ1) is 14.3. The minimum Gasteiger partial charge on any atom is -0.461 e. The molecule has 2 rings (SSSR count). The van der Waals surface area contributed by atoms with Crippen LogP contribution in [0.1, 0.15) is 36.1 Å². The van der Waals surface area contributed by atoms with Crippen molar-refractivity contribution in [1.29, 1.82) is 0 Å². The smallest absolute Gasteiger partial charge is 0.302 e. The van der Waals surface area contributed by atoms with E-state index in [-0.39, 0.29) is 24.5 Å². The van der Waals surface area contributed by atoms with E-state index in [2.05, 4.69) is 11.4 Å². The van der Waals surface area contributed by atoms with Gasteiger partial charge in [-0.25, -0.2) is 0 Å². The van der Waals surface area contributed by atoms with Crippen LogP contribution < -0.4 is 5.32 Å². The van der Waals surface area contributed by atoms with E-state index in [9.17, 15) is 9.59 Å². The van der Waals surface area contributed by atoms with E-state index in [4.69, 9.17) is 4.74 Å². The molecule has 1 aliphatic heterocycles. The topological polar surface area (TPSA) is 55.4 Å². The molecule has 0 spiro atoms. The second-order valence-corrected chi connectivity index (χ2v) is 5.21. The van der Waals surface area contributed by atoms with Gasteiger partial charge in [0.05, 0.1) is 6.04 Å². The Hall–Kier alpha value is -2.10. The minimum absolute atomic E-state index is 0.0568. The molecule has 0 aliphatic carbocycles. The van der Waals surface area contributed by atoms with Gasteiger partial charge >= 0.3 is 5.97 Å². The molecule has 20 heavy (non-hydrogen) atoms. The molecule has 1 atom stereocenters. The lowest BCUT2D eigenvalue weighted by Gasteiger charge is -2.25. The highest BCUT2D eigenvalue weighted by Gasteiger charge is 2.22. The Labute approximate surface area is 118 Å². The molecule has 1 N–H and O–H groups in total. The Balaban J connectivity index is 2.16. The zero-order valence-electron chi connectivity index (χ0n) is 12.0. The van der Waals surface area contributed by atoms with Gasteiger partial charge < -0.3 is 10.1 Å². The van der Waals surface area contributed by atoms with Crippen LogP contribution in [-0.2, 0) is 14.3 Å². The van der Waals surface area contributed by atoms with Crippen molar-refractivity contribution in [3.63, 3.8) is 0 Å². The maximum Gasteiger partial charge on any atom is 0.302 e. The van der Waals surface area contributed by atoms with E-state index in [1.165, 1.54) is 18.6 Å². The Morgan fingerprint density at radius 1 is 1.40 bits per heavy atom. The maximum absolute atomic E-state index is 11.8. The van der Waals surface area contributed by atoms with Crippen molar-refractivity contribution in [2.75, 3.05) is 6.61 Å². The maximum atomic E-state index is 11.8. The summed E-state index contributed by atoms with van der Waals surface area (Å²) in [7, 11) is 0. The number of carbonyl (C=O) groups excluding carboxylic acids is 2. The van der Waals surface area contributed by atoms with Gasteiger partial charge in [0.15, 0.2) is 0 Å². The van der Waals surface area contributed by atoms with Gasteiger partial charge in [-0.15, -0.1) is 0 Å². The Bertz CT molecular complexity index is 575. The first-order valence-electron chi connectivity index (χ1n) is 6.66. The van der Waals surface area contributed by atoms with E-state index in [1.54, 1.807) is 0 Å². The molecule has 0 aromatic heterocycles. The van der Waals surface area contributed by atoms with Crippen LogP contribution in [0.5, 0.6) is 0 Å². The number of ether oxygens (including phenoxy) is 1. The second kappa shape index (κ2) is 5.90. The summed E-state index contributed by atoms with van der Waals surface area (Å²) < 4.78 is 4.98. The number of amides is 1. The molecule has 1 unspecified atom stereocenters. The summed E-state index contributed by atoms with van der Waals surface area (Å²) in [6, 6.07) is 6.13. The fourth-order valence-electron chi connectivity index (χ4n) is 2.47. The van der Waals surface area contributed by atoms with Gasteiger partial charge in [-0.1, -0.05) is 23.8 Å². The van der Waals surface area contributed by atoms with Crippen LogP contribution in [0, 0.1) is 13.8 Å². The zero-order chi connectivity index (χ0) is 14.7. The van der Waals surface area contributed by atoms with Gasteiger partial charge in [-0.2, -0.15) is 0 Å². The minimum atomic E-state index is -0.333. The summed E-state index contributed by atoms with van der Waals surface area (Å²) in [6.45, 7) is 5.63. The fraction of sp³-hybridized carbons (Fsp3) is 0.375. The lowest BCUT2D eigenvalue weighted by molar-refractivity contribution is -0.140. The highest BCUT2D eigenvalue weighted by molar-refractivity contribution is 5.89. The molecule has 0 bridgehead atoms. The number of aryl methyl sites for hydroxylation is 2. The van der Waals surface area contributed by atoms with Crippen molar-refractivity contribution >= 4 is 11.9 Å². The molecule has 1 heterocycles. The molecule has 106 valence electrons. The lowest BCUT2D eigenvalue weighted by Crippen LogP contribution is -2.32. The summed E-state index contributed by atoms with van der Waals surface area (Å²) in [5.74, 6) is -0.469. The molecule has 4 heteroatoms. The van der Waals surface area contributed by atoms with Gasteiger partial charge in [0, 0.05) is 13.0 Å². The quantitative estimate of drug-likeness (QED) is 0.860. The lowest BCUT2D eigenvalue weighted by atomic mass is 9.92. The fourth-order valence-corrected chi connectivity index (χ4v) is 2.47. The number of hydrogen-bond donors (Lipinski definition) is 1. The highest BCUT2D eigenvalue weighted by Crippen LogP contribution is 2.27. The average molecular weight is 273 g/mol. The SMILES string of the molecule is CC(=O)OCC1=CC(=O)NC(c2ccc(C)cc2C)C1. The highest BCUT2D eigenvalue weighted by atomic mass is 16.5. The standard InChI is InChI=1S/C16H19NO3/c1-10-4-5-14(11(2)6-10)15-7-13(8-16(19)17-15)9-20-12(3)18/h4-6,8,15H,7,9H2,1-3H3,(H,17,19). The van der Waals surface area contributed by atoms with Crippen LogP contribution in [0.3, 0.4) is 0 Å². The summed E-state index contributed by atoms with van der Waals surface area (Å²) in [6.07, 6.45) is 2.19. The van der Waals surface area contributed by atoms with E-state index in [0.29, 0.717) is 6.42 Å². The van der Waals surface area contributed by atoms with Crippen LogP contribution in [0.15, 0.2) is 29.8 Å². The predicted octanol–water partition coefficient (Wildman–Crippen LogP) is 2.35. The molecule has 0 saturated carbocycles. The van der Waals surface area contributed by atoms with Crippen molar-refractivity contribution in [1.82, 2.24) is 5.32 Å². The van der Waals surface area contributed by atoms with E-state index in [1.807, 2.05) is 26.0 Å². The van der Waals surface area contributed by atoms with Gasteiger partial charge in [0.2, 0.25) is 5.91 Å². The molecule has 1 aromatic carbocycles. The number of hydrogen-bond acceptors (Lipinski definition) is 3. The Morgan fingerprint density at radius 3 is 2.80 bits per heavy atom. The van der Waals surface area contributed by atoms with Crippen molar-refractivity contribution in [2.24, 2.45) is 0 Å².